The highest BCUT2D eigenvalue weighted by molar-refractivity contribution is 7.11. The third-order valence-electron chi connectivity index (χ3n) is 3.01. The first-order valence-corrected chi connectivity index (χ1v) is 6.93. The molecule has 6 heteroatoms. The number of hydrogen-bond donors (Lipinski definition) is 0. The van der Waals surface area contributed by atoms with Gasteiger partial charge in [-0.3, -0.25) is 14.8 Å². The van der Waals surface area contributed by atoms with Crippen molar-refractivity contribution in [2.75, 3.05) is 19.7 Å². The Hall–Kier alpha value is -1.79. The maximum absolute atomic E-state index is 12.3. The van der Waals surface area contributed by atoms with E-state index in [4.69, 9.17) is 4.74 Å². The second-order valence-corrected chi connectivity index (χ2v) is 5.12. The van der Waals surface area contributed by atoms with Crippen molar-refractivity contribution in [3.63, 3.8) is 0 Å². The lowest BCUT2D eigenvalue weighted by Crippen LogP contribution is -2.42. The van der Waals surface area contributed by atoms with Crippen LogP contribution in [0.25, 0.3) is 0 Å². The Morgan fingerprint density at radius 2 is 2.42 bits per heavy atom. The van der Waals surface area contributed by atoms with Gasteiger partial charge in [0.15, 0.2) is 0 Å². The number of thiazole rings is 1. The van der Waals surface area contributed by atoms with Gasteiger partial charge in [0, 0.05) is 12.7 Å². The van der Waals surface area contributed by atoms with Crippen LogP contribution in [-0.4, -0.2) is 40.5 Å². The number of carbonyl (C=O) groups excluding carboxylic acids is 1. The average molecular weight is 275 g/mol. The summed E-state index contributed by atoms with van der Waals surface area (Å²) in [6.45, 7) is 1.68. The predicted molar refractivity (Wildman–Crippen MR) is 70.9 cm³/mol. The molecular weight excluding hydrogens is 262 g/mol. The standard InChI is InChI=1S/C13H13N3O2S/c17-13(12-7-14-9-19-12)16-5-6-18-11(8-16)10-3-1-2-4-15-10/h1-4,7,9,11H,5-6,8H2/t11-/m1/s1. The fraction of sp³-hybridized carbons (Fsp3) is 0.308. The van der Waals surface area contributed by atoms with Crippen molar-refractivity contribution in [3.05, 3.63) is 46.7 Å². The molecule has 1 saturated heterocycles. The van der Waals surface area contributed by atoms with Crippen molar-refractivity contribution < 1.29 is 9.53 Å². The van der Waals surface area contributed by atoms with Crippen LogP contribution >= 0.6 is 11.3 Å². The second-order valence-electron chi connectivity index (χ2n) is 4.23. The van der Waals surface area contributed by atoms with Gasteiger partial charge in [-0.25, -0.2) is 0 Å². The molecular formula is C13H13N3O2S. The minimum atomic E-state index is -0.146. The summed E-state index contributed by atoms with van der Waals surface area (Å²) in [5.74, 6) is 0.0201. The van der Waals surface area contributed by atoms with Crippen LogP contribution in [-0.2, 0) is 4.74 Å². The molecule has 0 radical (unpaired) electrons. The summed E-state index contributed by atoms with van der Waals surface area (Å²) < 4.78 is 5.69. The molecule has 1 atom stereocenters. The van der Waals surface area contributed by atoms with Crippen LogP contribution in [0, 0.1) is 0 Å². The number of carbonyl (C=O) groups is 1. The third kappa shape index (κ3) is 2.64. The van der Waals surface area contributed by atoms with E-state index in [0.717, 1.165) is 5.69 Å². The van der Waals surface area contributed by atoms with Crippen LogP contribution in [0.15, 0.2) is 36.1 Å². The zero-order valence-electron chi connectivity index (χ0n) is 10.2. The Morgan fingerprint density at radius 1 is 1.47 bits per heavy atom. The van der Waals surface area contributed by atoms with Crippen molar-refractivity contribution in [2.45, 2.75) is 6.10 Å². The minimum absolute atomic E-state index is 0.0201. The van der Waals surface area contributed by atoms with Gasteiger partial charge in [-0.05, 0) is 12.1 Å². The normalized spacial score (nSPS) is 19.4. The Labute approximate surface area is 114 Å². The van der Waals surface area contributed by atoms with E-state index in [9.17, 15) is 4.79 Å². The number of morpholine rings is 1. The lowest BCUT2D eigenvalue weighted by Gasteiger charge is -2.32. The van der Waals surface area contributed by atoms with E-state index in [-0.39, 0.29) is 12.0 Å². The average Bonchev–Trinajstić information content (AvgIpc) is 3.02. The van der Waals surface area contributed by atoms with Gasteiger partial charge >= 0.3 is 0 Å². The summed E-state index contributed by atoms with van der Waals surface area (Å²) in [7, 11) is 0. The van der Waals surface area contributed by atoms with E-state index in [2.05, 4.69) is 9.97 Å². The molecule has 0 bridgehead atoms. The number of pyridine rings is 1. The first kappa shape index (κ1) is 12.3. The van der Waals surface area contributed by atoms with Crippen LogP contribution in [0.4, 0.5) is 0 Å². The molecule has 0 N–H and O–H groups in total. The lowest BCUT2D eigenvalue weighted by atomic mass is 10.2. The molecule has 3 heterocycles. The molecule has 0 unspecified atom stereocenters. The van der Waals surface area contributed by atoms with Crippen LogP contribution in [0.2, 0.25) is 0 Å². The first-order valence-electron chi connectivity index (χ1n) is 6.05. The fourth-order valence-electron chi connectivity index (χ4n) is 2.06. The Balaban J connectivity index is 1.73. The molecule has 0 saturated carbocycles. The van der Waals surface area contributed by atoms with Crippen molar-refractivity contribution in [3.8, 4) is 0 Å². The molecule has 2 aromatic rings. The Kier molecular flexibility index (Phi) is 3.52. The molecule has 1 fully saturated rings. The van der Waals surface area contributed by atoms with E-state index in [1.807, 2.05) is 18.2 Å². The summed E-state index contributed by atoms with van der Waals surface area (Å²) in [6.07, 6.45) is 3.20. The molecule has 5 nitrogen and oxygen atoms in total. The SMILES string of the molecule is O=C(c1cncs1)N1CCO[C@@H](c2ccccn2)C1. The molecule has 1 aliphatic rings. The second kappa shape index (κ2) is 5.46. The van der Waals surface area contributed by atoms with Gasteiger partial charge < -0.3 is 9.64 Å². The molecule has 1 amide bonds. The van der Waals surface area contributed by atoms with Crippen LogP contribution < -0.4 is 0 Å². The molecule has 19 heavy (non-hydrogen) atoms. The summed E-state index contributed by atoms with van der Waals surface area (Å²) in [5, 5.41) is 0. The monoisotopic (exact) mass is 275 g/mol. The molecule has 1 aliphatic heterocycles. The number of rotatable bonds is 2. The number of ether oxygens (including phenoxy) is 1. The highest BCUT2D eigenvalue weighted by Gasteiger charge is 2.27. The Morgan fingerprint density at radius 3 is 3.16 bits per heavy atom. The summed E-state index contributed by atoms with van der Waals surface area (Å²) >= 11 is 1.36. The smallest absolute Gasteiger partial charge is 0.265 e. The van der Waals surface area contributed by atoms with Crippen LogP contribution in [0.1, 0.15) is 21.5 Å². The van der Waals surface area contributed by atoms with E-state index >= 15 is 0 Å². The third-order valence-corrected chi connectivity index (χ3v) is 3.78. The van der Waals surface area contributed by atoms with E-state index in [0.29, 0.717) is 24.6 Å². The molecule has 0 spiro atoms. The van der Waals surface area contributed by atoms with Gasteiger partial charge in [-0.2, -0.15) is 0 Å². The predicted octanol–water partition coefficient (Wildman–Crippen LogP) is 1.75. The van der Waals surface area contributed by atoms with Crippen molar-refractivity contribution in [1.29, 1.82) is 0 Å². The zero-order valence-corrected chi connectivity index (χ0v) is 11.0. The summed E-state index contributed by atoms with van der Waals surface area (Å²) in [5.41, 5.74) is 2.54. The van der Waals surface area contributed by atoms with Gasteiger partial charge in [0.25, 0.3) is 5.91 Å². The molecule has 2 aromatic heterocycles. The minimum Gasteiger partial charge on any atom is -0.368 e. The van der Waals surface area contributed by atoms with Gasteiger partial charge in [0.2, 0.25) is 0 Å². The summed E-state index contributed by atoms with van der Waals surface area (Å²) in [6, 6.07) is 5.72. The fourth-order valence-corrected chi connectivity index (χ4v) is 2.64. The molecule has 98 valence electrons. The van der Waals surface area contributed by atoms with Gasteiger partial charge in [-0.15, -0.1) is 11.3 Å². The first-order chi connectivity index (χ1) is 9.34. The molecule has 3 rings (SSSR count). The number of aromatic nitrogens is 2. The van der Waals surface area contributed by atoms with Crippen molar-refractivity contribution >= 4 is 17.2 Å². The summed E-state index contributed by atoms with van der Waals surface area (Å²) in [4.78, 5) is 23.0. The van der Waals surface area contributed by atoms with E-state index in [1.54, 1.807) is 22.8 Å². The van der Waals surface area contributed by atoms with E-state index < -0.39 is 0 Å². The van der Waals surface area contributed by atoms with Crippen molar-refractivity contribution in [2.24, 2.45) is 0 Å². The largest absolute Gasteiger partial charge is 0.368 e. The lowest BCUT2D eigenvalue weighted by molar-refractivity contribution is -0.0245. The van der Waals surface area contributed by atoms with Crippen LogP contribution in [0.5, 0.6) is 0 Å². The maximum atomic E-state index is 12.3. The number of hydrogen-bond acceptors (Lipinski definition) is 5. The van der Waals surface area contributed by atoms with Gasteiger partial charge in [0.05, 0.1) is 30.6 Å². The molecule has 0 aliphatic carbocycles. The molecule has 0 aromatic carbocycles. The van der Waals surface area contributed by atoms with E-state index in [1.165, 1.54) is 11.3 Å². The highest BCUT2D eigenvalue weighted by atomic mass is 32.1. The van der Waals surface area contributed by atoms with Gasteiger partial charge in [-0.1, -0.05) is 6.07 Å². The quantitative estimate of drug-likeness (QED) is 0.838. The maximum Gasteiger partial charge on any atom is 0.265 e. The topological polar surface area (TPSA) is 55.3 Å². The van der Waals surface area contributed by atoms with Gasteiger partial charge in [0.1, 0.15) is 11.0 Å². The number of amides is 1. The van der Waals surface area contributed by atoms with Crippen LogP contribution in [0.3, 0.4) is 0 Å². The number of nitrogens with zero attached hydrogens (tertiary/aromatic N) is 3. The zero-order chi connectivity index (χ0) is 13.1. The Bertz CT molecular complexity index is 544. The van der Waals surface area contributed by atoms with Crippen molar-refractivity contribution in [1.82, 2.24) is 14.9 Å². The highest BCUT2D eigenvalue weighted by Crippen LogP contribution is 2.22.